The fraction of sp³-hybridized carbons (Fsp3) is 0.261. The average Bonchev–Trinajstić information content (AvgIpc) is 2.78. The third-order valence-corrected chi connectivity index (χ3v) is 4.88. The molecule has 0 unspecified atom stereocenters. The van der Waals surface area contributed by atoms with Crippen molar-refractivity contribution in [3.05, 3.63) is 83.8 Å². The molecule has 0 bridgehead atoms. The molecule has 1 aliphatic rings. The van der Waals surface area contributed by atoms with E-state index in [-0.39, 0.29) is 5.91 Å². The Kier molecular flexibility index (Phi) is 5.81. The second-order valence-corrected chi connectivity index (χ2v) is 6.97. The molecule has 2 heterocycles. The highest BCUT2D eigenvalue weighted by Crippen LogP contribution is 2.21. The molecule has 29 heavy (non-hydrogen) atoms. The molecule has 3 aromatic rings. The van der Waals surface area contributed by atoms with Crippen molar-refractivity contribution in [1.82, 2.24) is 9.97 Å². The quantitative estimate of drug-likeness (QED) is 0.670. The van der Waals surface area contributed by atoms with Gasteiger partial charge in [0.15, 0.2) is 0 Å². The number of amides is 1. The highest BCUT2D eigenvalue weighted by Gasteiger charge is 2.22. The van der Waals surface area contributed by atoms with Crippen LogP contribution in [0.15, 0.2) is 66.7 Å². The van der Waals surface area contributed by atoms with Crippen LogP contribution in [0, 0.1) is 6.92 Å². The Morgan fingerprint density at radius 2 is 1.66 bits per heavy atom. The van der Waals surface area contributed by atoms with Gasteiger partial charge in [-0.3, -0.25) is 4.79 Å². The monoisotopic (exact) mass is 388 g/mol. The second kappa shape index (κ2) is 8.84. The first kappa shape index (κ1) is 19.1. The maximum atomic E-state index is 13.5. The van der Waals surface area contributed by atoms with E-state index in [1.165, 1.54) is 0 Å². The molecule has 4 rings (SSSR count). The third-order valence-electron chi connectivity index (χ3n) is 4.88. The third kappa shape index (κ3) is 4.60. The van der Waals surface area contributed by atoms with Crippen LogP contribution in [0.1, 0.15) is 21.9 Å². The van der Waals surface area contributed by atoms with Gasteiger partial charge in [-0.15, -0.1) is 0 Å². The Bertz CT molecular complexity index is 957. The number of aromatic nitrogens is 2. The highest BCUT2D eigenvalue weighted by molar-refractivity contribution is 6.05. The SMILES string of the molecule is Cc1nc(C(=O)N(Cc2ccccc2)c2ccccc2)cc(N2CCOCC2)n1. The number of nitrogens with zero attached hydrogens (tertiary/aromatic N) is 4. The van der Waals surface area contributed by atoms with Gasteiger partial charge in [0.2, 0.25) is 0 Å². The van der Waals surface area contributed by atoms with Crippen LogP contribution in [-0.4, -0.2) is 42.2 Å². The van der Waals surface area contributed by atoms with Gasteiger partial charge in [-0.2, -0.15) is 0 Å². The number of hydrogen-bond acceptors (Lipinski definition) is 5. The molecule has 6 heteroatoms. The predicted octanol–water partition coefficient (Wildman–Crippen LogP) is 3.47. The van der Waals surface area contributed by atoms with E-state index in [4.69, 9.17) is 4.74 Å². The summed E-state index contributed by atoms with van der Waals surface area (Å²) in [6.07, 6.45) is 0. The zero-order chi connectivity index (χ0) is 20.1. The summed E-state index contributed by atoms with van der Waals surface area (Å²) < 4.78 is 5.43. The number of aryl methyl sites for hydroxylation is 1. The lowest BCUT2D eigenvalue weighted by molar-refractivity contribution is 0.0980. The molecule has 1 aliphatic heterocycles. The lowest BCUT2D eigenvalue weighted by atomic mass is 10.1. The van der Waals surface area contributed by atoms with Crippen LogP contribution >= 0.6 is 0 Å². The maximum Gasteiger partial charge on any atom is 0.277 e. The minimum atomic E-state index is -0.139. The van der Waals surface area contributed by atoms with Gasteiger partial charge in [0, 0.05) is 24.8 Å². The van der Waals surface area contributed by atoms with E-state index in [2.05, 4.69) is 14.9 Å². The van der Waals surface area contributed by atoms with Crippen molar-refractivity contribution in [1.29, 1.82) is 0 Å². The summed E-state index contributed by atoms with van der Waals surface area (Å²) in [5, 5.41) is 0. The van der Waals surface area contributed by atoms with Crippen molar-refractivity contribution in [3.63, 3.8) is 0 Å². The molecule has 0 atom stereocenters. The van der Waals surface area contributed by atoms with E-state index >= 15 is 0 Å². The summed E-state index contributed by atoms with van der Waals surface area (Å²) in [6, 6.07) is 21.5. The smallest absolute Gasteiger partial charge is 0.277 e. The van der Waals surface area contributed by atoms with E-state index < -0.39 is 0 Å². The van der Waals surface area contributed by atoms with Crippen LogP contribution in [0.3, 0.4) is 0 Å². The first-order valence-corrected chi connectivity index (χ1v) is 9.80. The van der Waals surface area contributed by atoms with E-state index in [0.717, 1.165) is 30.2 Å². The molecule has 1 fully saturated rings. The van der Waals surface area contributed by atoms with Gasteiger partial charge >= 0.3 is 0 Å². The van der Waals surface area contributed by atoms with Gasteiger partial charge in [0.25, 0.3) is 5.91 Å². The van der Waals surface area contributed by atoms with Crippen LogP contribution in [0.25, 0.3) is 0 Å². The zero-order valence-electron chi connectivity index (χ0n) is 16.5. The number of rotatable bonds is 5. The van der Waals surface area contributed by atoms with Crippen molar-refractivity contribution < 1.29 is 9.53 Å². The van der Waals surface area contributed by atoms with Crippen LogP contribution in [0.2, 0.25) is 0 Å². The molecular formula is C23H24N4O2. The summed E-state index contributed by atoms with van der Waals surface area (Å²) in [5.41, 5.74) is 2.30. The second-order valence-electron chi connectivity index (χ2n) is 6.97. The number of para-hydroxylation sites is 1. The van der Waals surface area contributed by atoms with Crippen molar-refractivity contribution in [2.45, 2.75) is 13.5 Å². The molecule has 0 saturated carbocycles. The van der Waals surface area contributed by atoms with Crippen LogP contribution in [0.5, 0.6) is 0 Å². The number of carbonyl (C=O) groups is 1. The number of morpholine rings is 1. The van der Waals surface area contributed by atoms with Gasteiger partial charge in [0.05, 0.1) is 19.8 Å². The lowest BCUT2D eigenvalue weighted by Crippen LogP contribution is -2.37. The highest BCUT2D eigenvalue weighted by atomic mass is 16.5. The number of anilines is 2. The largest absolute Gasteiger partial charge is 0.378 e. The van der Waals surface area contributed by atoms with Gasteiger partial charge < -0.3 is 14.5 Å². The number of ether oxygens (including phenoxy) is 1. The number of carbonyl (C=O) groups excluding carboxylic acids is 1. The number of hydrogen-bond donors (Lipinski definition) is 0. The molecule has 1 amide bonds. The van der Waals surface area contributed by atoms with E-state index in [9.17, 15) is 4.79 Å². The molecule has 0 radical (unpaired) electrons. The molecule has 1 aromatic heterocycles. The molecule has 0 aliphatic carbocycles. The summed E-state index contributed by atoms with van der Waals surface area (Å²) in [5.74, 6) is 1.22. The number of benzene rings is 2. The van der Waals surface area contributed by atoms with Crippen molar-refractivity contribution >= 4 is 17.4 Å². The Morgan fingerprint density at radius 3 is 2.34 bits per heavy atom. The molecule has 6 nitrogen and oxygen atoms in total. The standard InChI is InChI=1S/C23H24N4O2/c1-18-24-21(16-22(25-18)26-12-14-29-15-13-26)23(28)27(20-10-6-3-7-11-20)17-19-8-4-2-5-9-19/h2-11,16H,12-15,17H2,1H3. The molecule has 2 aromatic carbocycles. The maximum absolute atomic E-state index is 13.5. The lowest BCUT2D eigenvalue weighted by Gasteiger charge is -2.28. The van der Waals surface area contributed by atoms with Crippen LogP contribution in [-0.2, 0) is 11.3 Å². The summed E-state index contributed by atoms with van der Waals surface area (Å²) in [4.78, 5) is 26.4. The van der Waals surface area contributed by atoms with Gasteiger partial charge in [-0.25, -0.2) is 9.97 Å². The first-order valence-electron chi connectivity index (χ1n) is 9.80. The molecule has 0 spiro atoms. The Labute approximate surface area is 170 Å². The van der Waals surface area contributed by atoms with Crippen LogP contribution in [0.4, 0.5) is 11.5 Å². The van der Waals surface area contributed by atoms with Crippen molar-refractivity contribution in [2.24, 2.45) is 0 Å². The minimum Gasteiger partial charge on any atom is -0.378 e. The Balaban J connectivity index is 1.67. The molecular weight excluding hydrogens is 364 g/mol. The van der Waals surface area contributed by atoms with E-state index in [0.29, 0.717) is 31.3 Å². The van der Waals surface area contributed by atoms with Crippen molar-refractivity contribution in [3.8, 4) is 0 Å². The first-order chi connectivity index (χ1) is 14.2. The Morgan fingerprint density at radius 1 is 1.00 bits per heavy atom. The zero-order valence-corrected chi connectivity index (χ0v) is 16.5. The minimum absolute atomic E-state index is 0.139. The van der Waals surface area contributed by atoms with Crippen molar-refractivity contribution in [2.75, 3.05) is 36.1 Å². The summed E-state index contributed by atoms with van der Waals surface area (Å²) >= 11 is 0. The van der Waals surface area contributed by atoms with Gasteiger partial charge in [-0.05, 0) is 24.6 Å². The molecule has 148 valence electrons. The normalized spacial score (nSPS) is 13.9. The fourth-order valence-corrected chi connectivity index (χ4v) is 3.41. The average molecular weight is 388 g/mol. The van der Waals surface area contributed by atoms with Crippen LogP contribution < -0.4 is 9.80 Å². The summed E-state index contributed by atoms with van der Waals surface area (Å²) in [6.45, 7) is 5.14. The molecule has 0 N–H and O–H groups in total. The Hall–Kier alpha value is -3.25. The topological polar surface area (TPSA) is 58.6 Å². The molecule has 1 saturated heterocycles. The van der Waals surface area contributed by atoms with E-state index in [1.807, 2.05) is 67.6 Å². The van der Waals surface area contributed by atoms with Gasteiger partial charge in [-0.1, -0.05) is 48.5 Å². The fourth-order valence-electron chi connectivity index (χ4n) is 3.41. The predicted molar refractivity (Wildman–Crippen MR) is 113 cm³/mol. The summed E-state index contributed by atoms with van der Waals surface area (Å²) in [7, 11) is 0. The van der Waals surface area contributed by atoms with E-state index in [1.54, 1.807) is 11.0 Å². The van der Waals surface area contributed by atoms with Gasteiger partial charge in [0.1, 0.15) is 17.3 Å².